The maximum Gasteiger partial charge on any atom is -0.147 e. The van der Waals surface area contributed by atoms with Crippen molar-refractivity contribution in [2.24, 2.45) is 0 Å². The van der Waals surface area contributed by atoms with Crippen LogP contribution in [0.4, 0.5) is 0 Å². The first-order valence-corrected chi connectivity index (χ1v) is 11.2. The van der Waals surface area contributed by atoms with Gasteiger partial charge in [0.1, 0.15) is 0 Å². The molecule has 5 rings (SSSR count). The van der Waals surface area contributed by atoms with Crippen LogP contribution in [0.2, 0.25) is 0 Å². The fourth-order valence-corrected chi connectivity index (χ4v) is 6.37. The van der Waals surface area contributed by atoms with E-state index in [9.17, 15) is 0 Å². The normalized spacial score (nSPS) is 16.3. The van der Waals surface area contributed by atoms with Gasteiger partial charge in [0.15, 0.2) is 0 Å². The van der Waals surface area contributed by atoms with Crippen LogP contribution in [0.15, 0.2) is 121 Å². The van der Waals surface area contributed by atoms with Crippen LogP contribution in [-0.4, -0.2) is 0 Å². The predicted molar refractivity (Wildman–Crippen MR) is 143 cm³/mol. The van der Waals surface area contributed by atoms with Crippen LogP contribution in [-0.2, 0) is 29.6 Å². The van der Waals surface area contributed by atoms with Crippen LogP contribution in [0, 0.1) is 0 Å². The molecule has 4 heteroatoms. The van der Waals surface area contributed by atoms with Gasteiger partial charge in [0.2, 0.25) is 0 Å². The topological polar surface area (TPSA) is 0 Å². The maximum atomic E-state index is 2.43. The summed E-state index contributed by atoms with van der Waals surface area (Å²) < 4.78 is -0.229. The second-order valence-electron chi connectivity index (χ2n) is 8.01. The minimum atomic E-state index is -0.357. The molecular weight excluding hydrogens is 503 g/mol. The van der Waals surface area contributed by atoms with E-state index in [1.165, 1.54) is 33.4 Å². The molecule has 0 heterocycles. The first-order chi connectivity index (χ1) is 14.7. The first-order valence-electron chi connectivity index (χ1n) is 10.4. The van der Waals surface area contributed by atoms with E-state index in [0.29, 0.717) is 0 Å². The van der Waals surface area contributed by atoms with Crippen LogP contribution in [0.1, 0.15) is 34.7 Å². The van der Waals surface area contributed by atoms with Gasteiger partial charge in [-0.3, -0.25) is 0 Å². The molecule has 0 aromatic heterocycles. The van der Waals surface area contributed by atoms with Gasteiger partial charge in [0.25, 0.3) is 0 Å². The van der Waals surface area contributed by atoms with Gasteiger partial charge in [0, 0.05) is 0 Å². The Labute approximate surface area is 227 Å². The van der Waals surface area contributed by atoms with Gasteiger partial charge in [-0.05, 0) is 0 Å². The number of hydrogen-bond acceptors (Lipinski definition) is 0. The number of benzene rings is 4. The molecule has 0 bridgehead atoms. The quantitative estimate of drug-likeness (QED) is 0.185. The zero-order valence-electron chi connectivity index (χ0n) is 18.3. The molecule has 4 aromatic rings. The standard InChI is InChI=1S/C29H23.3ClH.Ti/c1-22-21-23-13-11-12-20-27(23)28(22)29(24-14-5-2-6-15-24,25-16-7-3-8-17-25)26-18-9-4-10-19-26;;;;/h2-21H,1H3;3*1H;. The summed E-state index contributed by atoms with van der Waals surface area (Å²) in [6.45, 7) is 2.30. The fourth-order valence-electron chi connectivity index (χ4n) is 5.23. The van der Waals surface area contributed by atoms with Gasteiger partial charge in [-0.25, -0.2) is 0 Å². The Morgan fingerprint density at radius 2 is 0.909 bits per heavy atom. The second kappa shape index (κ2) is 11.1. The molecule has 0 N–H and O–H groups in total. The molecule has 4 aromatic carbocycles. The molecule has 0 fully saturated rings. The molecule has 167 valence electrons. The summed E-state index contributed by atoms with van der Waals surface area (Å²) in [5.41, 5.74) is 7.69. The van der Waals surface area contributed by atoms with Gasteiger partial charge in [-0.1, -0.05) is 0 Å². The number of halogens is 3. The van der Waals surface area contributed by atoms with Crippen molar-refractivity contribution in [3.05, 3.63) is 149 Å². The Kier molecular flexibility index (Phi) is 9.22. The molecule has 0 spiro atoms. The van der Waals surface area contributed by atoms with Gasteiger partial charge >= 0.3 is 191 Å². The Bertz CT molecular complexity index is 1110. The molecule has 0 saturated heterocycles. The molecular formula is C29H26Cl3Ti. The van der Waals surface area contributed by atoms with Crippen molar-refractivity contribution >= 4 is 43.3 Å². The predicted octanol–water partition coefficient (Wildman–Crippen LogP) is 8.15. The number of rotatable bonds is 4. The third-order valence-electron chi connectivity index (χ3n) is 6.51. The van der Waals surface area contributed by atoms with Crippen molar-refractivity contribution in [1.29, 1.82) is 0 Å². The molecule has 1 aliphatic rings. The van der Waals surface area contributed by atoms with Gasteiger partial charge in [0.05, 0.1) is 0 Å². The summed E-state index contributed by atoms with van der Waals surface area (Å²) in [5.74, 6) is 0. The Hall–Kier alpha value is -1.80. The molecule has 0 aliphatic heterocycles. The van der Waals surface area contributed by atoms with E-state index >= 15 is 0 Å². The van der Waals surface area contributed by atoms with Crippen molar-refractivity contribution in [3.63, 3.8) is 0 Å². The van der Waals surface area contributed by atoms with E-state index in [-0.39, 0.29) is 46.4 Å². The van der Waals surface area contributed by atoms with Crippen molar-refractivity contribution in [2.75, 3.05) is 0 Å². The van der Waals surface area contributed by atoms with Crippen LogP contribution < -0.4 is 0 Å². The molecule has 0 nitrogen and oxygen atoms in total. The van der Waals surface area contributed by atoms with E-state index in [0.717, 1.165) is 0 Å². The van der Waals surface area contributed by atoms with Crippen LogP contribution in [0.3, 0.4) is 0 Å². The van der Waals surface area contributed by atoms with Gasteiger partial charge in [-0.2, -0.15) is 0 Å². The smallest absolute Gasteiger partial charge is 0.147 e. The summed E-state index contributed by atoms with van der Waals surface area (Å²) >= 11 is 2.43. The molecule has 0 amide bonds. The Balaban J connectivity index is 0.00000128. The SMILES string of the molecule is CC1=Cc2ccccc2[C]1([Ti])C(c1ccccc1)(c1ccccc1)c1ccccc1.Cl.Cl.Cl. The van der Waals surface area contributed by atoms with Crippen molar-refractivity contribution in [3.8, 4) is 0 Å². The van der Waals surface area contributed by atoms with Gasteiger partial charge in [-0.15, -0.1) is 37.2 Å². The second-order valence-corrected chi connectivity index (χ2v) is 9.18. The zero-order valence-corrected chi connectivity index (χ0v) is 22.3. The number of fused-ring (bicyclic) bond motifs is 1. The average Bonchev–Trinajstić information content (AvgIpc) is 3.07. The Morgan fingerprint density at radius 3 is 1.33 bits per heavy atom. The third-order valence-corrected chi connectivity index (χ3v) is 8.13. The molecule has 1 atom stereocenters. The Morgan fingerprint density at radius 1 is 0.545 bits per heavy atom. The monoisotopic (exact) mass is 527 g/mol. The molecule has 33 heavy (non-hydrogen) atoms. The summed E-state index contributed by atoms with van der Waals surface area (Å²) in [6, 6.07) is 41.9. The molecule has 1 aliphatic carbocycles. The van der Waals surface area contributed by atoms with E-state index in [1.54, 1.807) is 0 Å². The van der Waals surface area contributed by atoms with E-state index in [1.807, 2.05) is 0 Å². The van der Waals surface area contributed by atoms with Crippen molar-refractivity contribution in [1.82, 2.24) is 0 Å². The zero-order chi connectivity index (χ0) is 20.6. The summed E-state index contributed by atoms with van der Waals surface area (Å²) in [6.07, 6.45) is 2.37. The molecule has 1 unspecified atom stereocenters. The molecule has 0 radical (unpaired) electrons. The number of hydrogen-bond donors (Lipinski definition) is 0. The van der Waals surface area contributed by atoms with Crippen LogP contribution >= 0.6 is 37.2 Å². The van der Waals surface area contributed by atoms with E-state index in [2.05, 4.69) is 149 Å². The summed E-state index contributed by atoms with van der Waals surface area (Å²) in [7, 11) is 0. The van der Waals surface area contributed by atoms with Crippen LogP contribution in [0.5, 0.6) is 0 Å². The van der Waals surface area contributed by atoms with Crippen molar-refractivity contribution < 1.29 is 20.4 Å². The fraction of sp³-hybridized carbons (Fsp3) is 0.103. The maximum absolute atomic E-state index is 2.43. The summed E-state index contributed by atoms with van der Waals surface area (Å²) in [4.78, 5) is 0. The largest absolute Gasteiger partial charge is 0.147 e. The average molecular weight is 529 g/mol. The minimum Gasteiger partial charge on any atom is -0.147 e. The van der Waals surface area contributed by atoms with Gasteiger partial charge < -0.3 is 0 Å². The molecule has 0 saturated carbocycles. The van der Waals surface area contributed by atoms with E-state index in [4.69, 9.17) is 0 Å². The summed E-state index contributed by atoms with van der Waals surface area (Å²) in [5, 5.41) is 0. The van der Waals surface area contributed by atoms with Crippen LogP contribution in [0.25, 0.3) is 6.08 Å². The number of allylic oxidation sites excluding steroid dienone is 1. The van der Waals surface area contributed by atoms with Crippen molar-refractivity contribution in [2.45, 2.75) is 16.1 Å². The first kappa shape index (κ1) is 27.4. The minimum absolute atomic E-state index is 0. The third kappa shape index (κ3) is 4.14. The van der Waals surface area contributed by atoms with E-state index < -0.39 is 0 Å².